The number of ether oxygens (including phenoxy) is 1. The van der Waals surface area contributed by atoms with Gasteiger partial charge in [0.1, 0.15) is 11.9 Å². The van der Waals surface area contributed by atoms with E-state index in [-0.39, 0.29) is 29.7 Å². The van der Waals surface area contributed by atoms with E-state index in [0.29, 0.717) is 17.7 Å². The van der Waals surface area contributed by atoms with Crippen molar-refractivity contribution in [1.82, 2.24) is 0 Å². The molecule has 1 heterocycles. The molecule has 1 unspecified atom stereocenters. The minimum absolute atomic E-state index is 0.00840. The first-order valence-corrected chi connectivity index (χ1v) is 11.9. The third kappa shape index (κ3) is 4.32. The van der Waals surface area contributed by atoms with Crippen LogP contribution in [0.15, 0.2) is 40.5 Å². The molecule has 2 fully saturated rings. The Bertz CT molecular complexity index is 890. The lowest BCUT2D eigenvalue weighted by Crippen LogP contribution is -2.39. The fraction of sp³-hybridized carbons (Fsp3) is 0.577. The van der Waals surface area contributed by atoms with Gasteiger partial charge in [0.05, 0.1) is 11.5 Å². The van der Waals surface area contributed by atoms with Gasteiger partial charge in [-0.3, -0.25) is 9.79 Å². The van der Waals surface area contributed by atoms with E-state index in [2.05, 4.69) is 43.0 Å². The number of hydrogen-bond acceptors (Lipinski definition) is 5. The summed E-state index contributed by atoms with van der Waals surface area (Å²) in [7, 11) is 0. The predicted molar refractivity (Wildman–Crippen MR) is 124 cm³/mol. The van der Waals surface area contributed by atoms with Gasteiger partial charge in [0.2, 0.25) is 0 Å². The summed E-state index contributed by atoms with van der Waals surface area (Å²) in [4.78, 5) is 33.4. The van der Waals surface area contributed by atoms with Crippen molar-refractivity contribution in [2.24, 2.45) is 10.9 Å². The fourth-order valence-electron chi connectivity index (χ4n) is 5.45. The van der Waals surface area contributed by atoms with Crippen molar-refractivity contribution in [2.45, 2.75) is 77.7 Å². The standard InChI is InChI=1S/C26H34N2O3/c1-4-28(5-2)19-15-13-18(14-16-19)24-23(26(30)31-20-9-6-7-10-20)17(3)27-21-11-8-12-22(29)25(21)24/h13-16,20,24-25H,4-12H2,1-3H3/t24-,25?/m1/s1. The van der Waals surface area contributed by atoms with E-state index in [1.54, 1.807) is 0 Å². The molecule has 4 rings (SSSR count). The Labute approximate surface area is 185 Å². The van der Waals surface area contributed by atoms with Crippen LogP contribution in [-0.2, 0) is 14.3 Å². The first-order valence-electron chi connectivity index (χ1n) is 11.9. The number of anilines is 1. The second kappa shape index (κ2) is 9.37. The van der Waals surface area contributed by atoms with Gasteiger partial charge in [0, 0.05) is 42.5 Å². The molecule has 0 radical (unpaired) electrons. The Morgan fingerprint density at radius 3 is 2.35 bits per heavy atom. The minimum atomic E-state index is -0.345. The number of benzene rings is 1. The normalized spacial score (nSPS) is 24.1. The Balaban J connectivity index is 1.72. The zero-order valence-electron chi connectivity index (χ0n) is 19.0. The predicted octanol–water partition coefficient (Wildman–Crippen LogP) is 5.20. The second-order valence-electron chi connectivity index (χ2n) is 8.95. The van der Waals surface area contributed by atoms with Crippen LogP contribution in [0.25, 0.3) is 0 Å². The van der Waals surface area contributed by atoms with E-state index in [9.17, 15) is 9.59 Å². The first-order chi connectivity index (χ1) is 15.0. The molecule has 0 aromatic heterocycles. The van der Waals surface area contributed by atoms with Gasteiger partial charge in [-0.1, -0.05) is 12.1 Å². The summed E-state index contributed by atoms with van der Waals surface area (Å²) < 4.78 is 5.90. The Morgan fingerprint density at radius 2 is 1.71 bits per heavy atom. The number of aliphatic imine (C=N–C) groups is 1. The molecule has 3 aliphatic rings. The molecule has 5 nitrogen and oxygen atoms in total. The van der Waals surface area contributed by atoms with Gasteiger partial charge < -0.3 is 9.64 Å². The molecular formula is C26H34N2O3. The van der Waals surface area contributed by atoms with E-state index >= 15 is 0 Å². The lowest BCUT2D eigenvalue weighted by atomic mass is 9.69. The van der Waals surface area contributed by atoms with Gasteiger partial charge in [-0.15, -0.1) is 0 Å². The second-order valence-corrected chi connectivity index (χ2v) is 8.95. The smallest absolute Gasteiger partial charge is 0.336 e. The molecule has 2 atom stereocenters. The monoisotopic (exact) mass is 422 g/mol. The third-order valence-electron chi connectivity index (χ3n) is 7.08. The van der Waals surface area contributed by atoms with Crippen LogP contribution in [0.1, 0.15) is 77.2 Å². The number of nitrogens with zero attached hydrogens (tertiary/aromatic N) is 2. The zero-order valence-corrected chi connectivity index (χ0v) is 19.0. The number of rotatable bonds is 6. The number of fused-ring (bicyclic) bond motifs is 1. The Morgan fingerprint density at radius 1 is 1.03 bits per heavy atom. The summed E-state index contributed by atoms with van der Waals surface area (Å²) >= 11 is 0. The highest BCUT2D eigenvalue weighted by molar-refractivity contribution is 6.11. The molecule has 2 saturated carbocycles. The third-order valence-corrected chi connectivity index (χ3v) is 7.08. The quantitative estimate of drug-likeness (QED) is 0.591. The van der Waals surface area contributed by atoms with Gasteiger partial charge in [0.15, 0.2) is 0 Å². The average molecular weight is 423 g/mol. The number of carbonyl (C=O) groups excluding carboxylic acids is 2. The number of allylic oxidation sites excluding steroid dienone is 1. The summed E-state index contributed by atoms with van der Waals surface area (Å²) in [6, 6.07) is 8.38. The maximum Gasteiger partial charge on any atom is 0.336 e. The van der Waals surface area contributed by atoms with E-state index in [4.69, 9.17) is 9.73 Å². The van der Waals surface area contributed by atoms with Crippen LogP contribution in [0, 0.1) is 5.92 Å². The van der Waals surface area contributed by atoms with Crippen LogP contribution in [0.2, 0.25) is 0 Å². The van der Waals surface area contributed by atoms with Crippen molar-refractivity contribution >= 4 is 23.2 Å². The van der Waals surface area contributed by atoms with Crippen LogP contribution >= 0.6 is 0 Å². The first kappa shape index (κ1) is 21.8. The highest BCUT2D eigenvalue weighted by Crippen LogP contribution is 2.43. The summed E-state index contributed by atoms with van der Waals surface area (Å²) in [5.74, 6) is -0.743. The topological polar surface area (TPSA) is 59.0 Å². The number of Topliss-reactive ketones (excluding diaryl/α,β-unsaturated/α-hetero) is 1. The Hall–Kier alpha value is -2.43. The number of hydrogen-bond donors (Lipinski definition) is 0. The van der Waals surface area contributed by atoms with Crippen molar-refractivity contribution in [2.75, 3.05) is 18.0 Å². The van der Waals surface area contributed by atoms with Crippen LogP contribution in [-0.4, -0.2) is 36.7 Å². The van der Waals surface area contributed by atoms with Crippen LogP contribution in [0.3, 0.4) is 0 Å². The van der Waals surface area contributed by atoms with Crippen LogP contribution in [0.5, 0.6) is 0 Å². The molecule has 5 heteroatoms. The zero-order chi connectivity index (χ0) is 22.0. The molecule has 31 heavy (non-hydrogen) atoms. The van der Waals surface area contributed by atoms with Gasteiger partial charge in [-0.05, 0) is 77.0 Å². The van der Waals surface area contributed by atoms with Crippen LogP contribution in [0.4, 0.5) is 5.69 Å². The van der Waals surface area contributed by atoms with Crippen molar-refractivity contribution in [3.05, 3.63) is 41.1 Å². The van der Waals surface area contributed by atoms with Crippen molar-refractivity contribution in [1.29, 1.82) is 0 Å². The van der Waals surface area contributed by atoms with E-state index in [1.807, 2.05) is 6.92 Å². The van der Waals surface area contributed by atoms with E-state index < -0.39 is 0 Å². The SMILES string of the molecule is CCN(CC)c1ccc([C@@H]2C(C(=O)OC3CCCC3)=C(C)N=C3CCCC(=O)C32)cc1. The summed E-state index contributed by atoms with van der Waals surface area (Å²) in [6.07, 6.45) is 6.29. The van der Waals surface area contributed by atoms with Crippen molar-refractivity contribution < 1.29 is 14.3 Å². The fourth-order valence-corrected chi connectivity index (χ4v) is 5.45. The average Bonchev–Trinajstić information content (AvgIpc) is 3.27. The highest BCUT2D eigenvalue weighted by Gasteiger charge is 2.44. The number of ketones is 1. The lowest BCUT2D eigenvalue weighted by molar-refractivity contribution is -0.144. The minimum Gasteiger partial charge on any atom is -0.459 e. The van der Waals surface area contributed by atoms with Crippen molar-refractivity contribution in [3.63, 3.8) is 0 Å². The molecule has 1 aromatic carbocycles. The largest absolute Gasteiger partial charge is 0.459 e. The summed E-state index contributed by atoms with van der Waals surface area (Å²) in [5, 5.41) is 0. The molecule has 1 aromatic rings. The van der Waals surface area contributed by atoms with Crippen molar-refractivity contribution in [3.8, 4) is 0 Å². The summed E-state index contributed by atoms with van der Waals surface area (Å²) in [6.45, 7) is 8.06. The molecular weight excluding hydrogens is 388 g/mol. The van der Waals surface area contributed by atoms with E-state index in [1.165, 1.54) is 0 Å². The number of esters is 1. The van der Waals surface area contributed by atoms with Gasteiger partial charge >= 0.3 is 5.97 Å². The molecule has 2 aliphatic carbocycles. The Kier molecular flexibility index (Phi) is 6.59. The number of carbonyl (C=O) groups is 2. The maximum absolute atomic E-state index is 13.3. The van der Waals surface area contributed by atoms with E-state index in [0.717, 1.165) is 68.6 Å². The van der Waals surface area contributed by atoms with Crippen LogP contribution < -0.4 is 4.90 Å². The maximum atomic E-state index is 13.3. The molecule has 1 aliphatic heterocycles. The molecule has 0 saturated heterocycles. The molecule has 0 spiro atoms. The highest BCUT2D eigenvalue weighted by atomic mass is 16.5. The molecule has 0 amide bonds. The lowest BCUT2D eigenvalue weighted by Gasteiger charge is -2.36. The van der Waals surface area contributed by atoms with Gasteiger partial charge in [-0.2, -0.15) is 0 Å². The van der Waals surface area contributed by atoms with Gasteiger partial charge in [0.25, 0.3) is 0 Å². The summed E-state index contributed by atoms with van der Waals surface area (Å²) in [5.41, 5.74) is 4.38. The molecule has 166 valence electrons. The molecule has 0 bridgehead atoms. The molecule has 0 N–H and O–H groups in total. The van der Waals surface area contributed by atoms with Gasteiger partial charge in [-0.25, -0.2) is 4.79 Å².